The zero-order valence-corrected chi connectivity index (χ0v) is 7.60. The normalized spacial score (nSPS) is 27.8. The third-order valence-corrected chi connectivity index (χ3v) is 1.74. The molecule has 0 aromatic heterocycles. The van der Waals surface area contributed by atoms with Gasteiger partial charge in [-0.2, -0.15) is 43.9 Å². The molecule has 0 aliphatic carbocycles. The Morgan fingerprint density at radius 3 is 1.61 bits per heavy atom. The van der Waals surface area contributed by atoms with Crippen LogP contribution in [0.5, 0.6) is 0 Å². The zero-order chi connectivity index (χ0) is 14.6. The van der Waals surface area contributed by atoms with Crippen LogP contribution in [-0.2, 0) is 9.47 Å². The summed E-state index contributed by atoms with van der Waals surface area (Å²) in [6, 6.07) is 0. The number of alkyl halides is 8. The molecule has 12 heteroatoms. The number of halogens is 10. The summed E-state index contributed by atoms with van der Waals surface area (Å²) in [5, 5.41) is 0. The van der Waals surface area contributed by atoms with Crippen LogP contribution >= 0.6 is 0 Å². The largest absolute Gasteiger partial charge is 0.480 e. The Balaban J connectivity index is 3.34. The molecule has 1 aliphatic heterocycles. The standard InChI is InChI=1S/C6F10O2/c7-1(8)2-17-4(11,6(15,16)18-2)3(9,10)5(12,13)14. The number of rotatable bonds is 1. The molecule has 0 bridgehead atoms. The van der Waals surface area contributed by atoms with Gasteiger partial charge >= 0.3 is 36.1 Å². The lowest BCUT2D eigenvalue weighted by Crippen LogP contribution is -2.62. The lowest BCUT2D eigenvalue weighted by atomic mass is 10.1. The van der Waals surface area contributed by atoms with Crippen LogP contribution in [0.4, 0.5) is 43.9 Å². The van der Waals surface area contributed by atoms with Crippen LogP contribution in [0, 0.1) is 0 Å². The fraction of sp³-hybridized carbons (Fsp3) is 0.667. The van der Waals surface area contributed by atoms with Crippen molar-refractivity contribution in [3.63, 3.8) is 0 Å². The first-order valence-electron chi connectivity index (χ1n) is 3.71. The minimum Gasteiger partial charge on any atom is -0.409 e. The van der Waals surface area contributed by atoms with Crippen molar-refractivity contribution in [1.82, 2.24) is 0 Å². The van der Waals surface area contributed by atoms with Gasteiger partial charge < -0.3 is 9.47 Å². The summed E-state index contributed by atoms with van der Waals surface area (Å²) in [5.74, 6) is -15.6. The van der Waals surface area contributed by atoms with E-state index < -0.39 is 36.1 Å². The molecule has 1 fully saturated rings. The molecule has 0 aromatic carbocycles. The smallest absolute Gasteiger partial charge is 0.409 e. The molecule has 1 saturated heterocycles. The minimum atomic E-state index is -6.81. The van der Waals surface area contributed by atoms with Gasteiger partial charge in [-0.05, 0) is 0 Å². The molecular weight excluding hydrogens is 294 g/mol. The van der Waals surface area contributed by atoms with Crippen molar-refractivity contribution in [2.24, 2.45) is 0 Å². The Morgan fingerprint density at radius 1 is 0.889 bits per heavy atom. The summed E-state index contributed by atoms with van der Waals surface area (Å²) in [5.41, 5.74) is 0. The Bertz CT molecular complexity index is 380. The van der Waals surface area contributed by atoms with E-state index in [0.29, 0.717) is 0 Å². The molecule has 0 N–H and O–H groups in total. The van der Waals surface area contributed by atoms with Crippen LogP contribution < -0.4 is 0 Å². The van der Waals surface area contributed by atoms with Crippen molar-refractivity contribution >= 4 is 0 Å². The van der Waals surface area contributed by atoms with Gasteiger partial charge in [-0.25, -0.2) is 0 Å². The van der Waals surface area contributed by atoms with Gasteiger partial charge in [0.2, 0.25) is 0 Å². The Morgan fingerprint density at radius 2 is 1.33 bits per heavy atom. The first-order valence-corrected chi connectivity index (χ1v) is 3.71. The molecule has 1 atom stereocenters. The van der Waals surface area contributed by atoms with E-state index in [1.54, 1.807) is 0 Å². The third-order valence-electron chi connectivity index (χ3n) is 1.74. The third kappa shape index (κ3) is 1.73. The van der Waals surface area contributed by atoms with E-state index in [2.05, 4.69) is 9.47 Å². The highest BCUT2D eigenvalue weighted by molar-refractivity contribution is 5.06. The second-order valence-electron chi connectivity index (χ2n) is 2.94. The predicted molar refractivity (Wildman–Crippen MR) is 31.2 cm³/mol. The monoisotopic (exact) mass is 294 g/mol. The van der Waals surface area contributed by atoms with Crippen LogP contribution in [0.2, 0.25) is 0 Å². The maximum atomic E-state index is 13.0. The summed E-state index contributed by atoms with van der Waals surface area (Å²) in [6.07, 6.45) is -16.1. The van der Waals surface area contributed by atoms with Crippen LogP contribution in [-0.4, -0.2) is 24.1 Å². The lowest BCUT2D eigenvalue weighted by molar-refractivity contribution is -0.422. The molecule has 18 heavy (non-hydrogen) atoms. The second-order valence-corrected chi connectivity index (χ2v) is 2.94. The minimum absolute atomic E-state index is 2.63. The highest BCUT2D eigenvalue weighted by Crippen LogP contribution is 2.58. The van der Waals surface area contributed by atoms with Gasteiger partial charge in [-0.3, -0.25) is 0 Å². The van der Waals surface area contributed by atoms with Gasteiger partial charge in [0.25, 0.3) is 0 Å². The molecule has 2 nitrogen and oxygen atoms in total. The van der Waals surface area contributed by atoms with Crippen LogP contribution in [0.25, 0.3) is 0 Å². The maximum Gasteiger partial charge on any atom is 0.480 e. The van der Waals surface area contributed by atoms with E-state index >= 15 is 0 Å². The summed E-state index contributed by atoms with van der Waals surface area (Å²) < 4.78 is 127. The molecule has 0 aromatic rings. The Hall–Kier alpha value is -1.36. The average molecular weight is 294 g/mol. The number of hydrogen-bond acceptors (Lipinski definition) is 2. The predicted octanol–water partition coefficient (Wildman–Crippen LogP) is 3.55. The topological polar surface area (TPSA) is 18.5 Å². The Labute approximate surface area is 90.8 Å². The van der Waals surface area contributed by atoms with E-state index in [0.717, 1.165) is 0 Å². The van der Waals surface area contributed by atoms with Crippen molar-refractivity contribution < 1.29 is 53.4 Å². The Kier molecular flexibility index (Phi) is 2.92. The average Bonchev–Trinajstić information content (AvgIpc) is 2.37. The van der Waals surface area contributed by atoms with Gasteiger partial charge in [0.05, 0.1) is 0 Å². The van der Waals surface area contributed by atoms with Crippen molar-refractivity contribution in [3.05, 3.63) is 12.0 Å². The van der Waals surface area contributed by atoms with E-state index in [1.807, 2.05) is 0 Å². The van der Waals surface area contributed by atoms with Crippen LogP contribution in [0.1, 0.15) is 0 Å². The van der Waals surface area contributed by atoms with Gasteiger partial charge in [0, 0.05) is 0 Å². The van der Waals surface area contributed by atoms with Crippen molar-refractivity contribution in [1.29, 1.82) is 0 Å². The molecular formula is C6F10O2. The maximum absolute atomic E-state index is 13.0. The van der Waals surface area contributed by atoms with Crippen LogP contribution in [0.15, 0.2) is 12.0 Å². The highest BCUT2D eigenvalue weighted by Gasteiger charge is 2.87. The van der Waals surface area contributed by atoms with Crippen molar-refractivity contribution in [2.75, 3.05) is 0 Å². The zero-order valence-electron chi connectivity index (χ0n) is 7.60. The molecule has 0 radical (unpaired) electrons. The molecule has 0 saturated carbocycles. The van der Waals surface area contributed by atoms with E-state index in [-0.39, 0.29) is 0 Å². The molecule has 106 valence electrons. The van der Waals surface area contributed by atoms with Gasteiger partial charge in [0.1, 0.15) is 0 Å². The second kappa shape index (κ2) is 3.57. The summed E-state index contributed by atoms with van der Waals surface area (Å²) in [4.78, 5) is 0. The molecule has 1 aliphatic rings. The number of hydrogen-bond donors (Lipinski definition) is 0. The summed E-state index contributed by atoms with van der Waals surface area (Å²) >= 11 is 0. The van der Waals surface area contributed by atoms with E-state index in [9.17, 15) is 43.9 Å². The quantitative estimate of drug-likeness (QED) is 0.688. The fourth-order valence-electron chi connectivity index (χ4n) is 0.896. The van der Waals surface area contributed by atoms with Gasteiger partial charge in [-0.1, -0.05) is 0 Å². The van der Waals surface area contributed by atoms with Crippen LogP contribution in [0.3, 0.4) is 0 Å². The van der Waals surface area contributed by atoms with E-state index in [4.69, 9.17) is 0 Å². The molecule has 0 spiro atoms. The molecule has 1 heterocycles. The highest BCUT2D eigenvalue weighted by atomic mass is 19.4. The summed E-state index contributed by atoms with van der Waals surface area (Å²) in [6.45, 7) is 0. The van der Waals surface area contributed by atoms with E-state index in [1.165, 1.54) is 0 Å². The van der Waals surface area contributed by atoms with Gasteiger partial charge in [0.15, 0.2) is 0 Å². The number of ether oxygens (including phenoxy) is 2. The lowest BCUT2D eigenvalue weighted by Gasteiger charge is -2.30. The summed E-state index contributed by atoms with van der Waals surface area (Å²) in [7, 11) is 0. The molecule has 1 rings (SSSR count). The molecule has 1 unspecified atom stereocenters. The fourth-order valence-corrected chi connectivity index (χ4v) is 0.896. The first-order chi connectivity index (χ1) is 7.76. The van der Waals surface area contributed by atoms with Gasteiger partial charge in [-0.15, -0.1) is 0 Å². The molecule has 0 amide bonds. The van der Waals surface area contributed by atoms with Crippen molar-refractivity contribution in [3.8, 4) is 0 Å². The SMILES string of the molecule is FC(F)=C1OC(F)(F)C(F)(C(F)(F)C(F)(F)F)O1. The first kappa shape index (κ1) is 14.7. The van der Waals surface area contributed by atoms with Crippen molar-refractivity contribution in [2.45, 2.75) is 24.1 Å².